The zero-order valence-electron chi connectivity index (χ0n) is 30.7. The monoisotopic (exact) mass is 747 g/mol. The first-order chi connectivity index (χ1) is 27.4. The van der Waals surface area contributed by atoms with Crippen molar-refractivity contribution in [1.29, 1.82) is 0 Å². The third-order valence-electron chi connectivity index (χ3n) is 10.6. The minimum Gasteiger partial charge on any atom is -0.468 e. The van der Waals surface area contributed by atoms with Crippen LogP contribution >= 0.6 is 0 Å². The van der Waals surface area contributed by atoms with Gasteiger partial charge in [-0.1, -0.05) is 97.1 Å². The number of nitrogens with one attached hydrogen (secondary N) is 1. The molecule has 1 amide bonds. The molecule has 5 aromatic carbocycles. The lowest BCUT2D eigenvalue weighted by Gasteiger charge is -2.37. The van der Waals surface area contributed by atoms with Crippen molar-refractivity contribution in [3.05, 3.63) is 191 Å². The molecule has 8 rings (SSSR count). The molecule has 3 heterocycles. The Labute approximate surface area is 323 Å². The molecule has 0 saturated carbocycles. The van der Waals surface area contributed by atoms with E-state index >= 15 is 0 Å². The molecular weight excluding hydrogens is 709 g/mol. The molecule has 0 bridgehead atoms. The Bertz CT molecular complexity index is 2360. The minimum atomic E-state index is -1.30. The van der Waals surface area contributed by atoms with Gasteiger partial charge in [0, 0.05) is 41.5 Å². The molecule has 56 heavy (non-hydrogen) atoms. The SMILES string of the molecule is COC(=O)C(c1c(F)cccc1F)N1CCCC(NC(=O)c2ccc3c(c2)c(-c2ccncc2)nn3C(c2ccccc2)(c2ccccc2)c2ccccc2)C1. The molecule has 0 radical (unpaired) electrons. The topological polar surface area (TPSA) is 89.3 Å². The third-order valence-corrected chi connectivity index (χ3v) is 10.6. The molecule has 1 saturated heterocycles. The van der Waals surface area contributed by atoms with Gasteiger partial charge in [-0.25, -0.2) is 18.3 Å². The standard InChI is InChI=1S/C46H39F2N5O3/c1-56-45(55)43(41-38(47)20-11-21-39(41)48)52-28-12-19-36(30-52)50-44(54)32-22-23-40-37(29-32)42(31-24-26-49-27-25-31)51-53(40)46(33-13-5-2-6-14-33,34-15-7-3-8-16-34)35-17-9-4-10-18-35/h2-11,13-18,20-27,29,36,43H,12,19,28,30H2,1H3,(H,50,54). The number of pyridine rings is 1. The van der Waals surface area contributed by atoms with E-state index in [0.29, 0.717) is 30.6 Å². The largest absolute Gasteiger partial charge is 0.468 e. The molecule has 8 nitrogen and oxygen atoms in total. The van der Waals surface area contributed by atoms with E-state index in [9.17, 15) is 18.4 Å². The molecule has 1 N–H and O–H groups in total. The maximum atomic E-state index is 15.0. The van der Waals surface area contributed by atoms with Gasteiger partial charge in [0.15, 0.2) is 0 Å². The Kier molecular flexibility index (Phi) is 10.2. The zero-order valence-corrected chi connectivity index (χ0v) is 30.7. The Balaban J connectivity index is 1.22. The van der Waals surface area contributed by atoms with Crippen LogP contribution in [0.15, 0.2) is 152 Å². The van der Waals surface area contributed by atoms with Gasteiger partial charge in [-0.2, -0.15) is 5.10 Å². The van der Waals surface area contributed by atoms with Gasteiger partial charge >= 0.3 is 5.97 Å². The second-order valence-corrected chi connectivity index (χ2v) is 13.9. The number of ether oxygens (including phenoxy) is 1. The van der Waals surface area contributed by atoms with E-state index in [2.05, 4.69) is 51.4 Å². The normalized spacial score (nSPS) is 15.3. The number of hydrogen-bond donors (Lipinski definition) is 1. The first kappa shape index (κ1) is 36.5. The molecule has 0 aliphatic carbocycles. The highest BCUT2D eigenvalue weighted by Crippen LogP contribution is 2.44. The van der Waals surface area contributed by atoms with Crippen LogP contribution in [0.1, 0.15) is 51.5 Å². The molecular formula is C46H39F2N5O3. The van der Waals surface area contributed by atoms with Crippen LogP contribution in [0.4, 0.5) is 8.78 Å². The number of rotatable bonds is 10. The van der Waals surface area contributed by atoms with Gasteiger partial charge in [0.1, 0.15) is 28.9 Å². The molecule has 2 aromatic heterocycles. The lowest BCUT2D eigenvalue weighted by Crippen LogP contribution is -2.50. The molecule has 1 fully saturated rings. The second-order valence-electron chi connectivity index (χ2n) is 13.9. The van der Waals surface area contributed by atoms with Gasteiger partial charge in [0.2, 0.25) is 0 Å². The van der Waals surface area contributed by atoms with Crippen molar-refractivity contribution in [2.75, 3.05) is 20.2 Å². The highest BCUT2D eigenvalue weighted by Gasteiger charge is 2.41. The summed E-state index contributed by atoms with van der Waals surface area (Å²) < 4.78 is 37.0. The maximum absolute atomic E-state index is 15.0. The van der Waals surface area contributed by atoms with Crippen LogP contribution in [0, 0.1) is 11.6 Å². The first-order valence-corrected chi connectivity index (χ1v) is 18.6. The summed E-state index contributed by atoms with van der Waals surface area (Å²) in [5.41, 5.74) is 4.49. The quantitative estimate of drug-likeness (QED) is 0.112. The van der Waals surface area contributed by atoms with E-state index < -0.39 is 35.2 Å². The number of piperidine rings is 1. The summed E-state index contributed by atoms with van der Waals surface area (Å²) in [7, 11) is 1.19. The van der Waals surface area contributed by atoms with E-state index in [-0.39, 0.29) is 18.0 Å². The fourth-order valence-corrected chi connectivity index (χ4v) is 8.10. The molecule has 10 heteroatoms. The number of fused-ring (bicyclic) bond motifs is 1. The van der Waals surface area contributed by atoms with Crippen molar-refractivity contribution in [1.82, 2.24) is 25.0 Å². The van der Waals surface area contributed by atoms with Crippen LogP contribution in [0.3, 0.4) is 0 Å². The number of nitrogens with zero attached hydrogens (tertiary/aromatic N) is 4. The summed E-state index contributed by atoms with van der Waals surface area (Å²) >= 11 is 0. The van der Waals surface area contributed by atoms with Gasteiger partial charge in [0.25, 0.3) is 5.91 Å². The van der Waals surface area contributed by atoms with Gasteiger partial charge in [0.05, 0.1) is 18.2 Å². The van der Waals surface area contributed by atoms with Gasteiger partial charge in [-0.05, 0) is 78.5 Å². The Morgan fingerprint density at radius 3 is 1.95 bits per heavy atom. The lowest BCUT2D eigenvalue weighted by atomic mass is 9.77. The summed E-state index contributed by atoms with van der Waals surface area (Å²) in [6.45, 7) is 0.585. The summed E-state index contributed by atoms with van der Waals surface area (Å²) in [4.78, 5) is 33.1. The van der Waals surface area contributed by atoms with Crippen molar-refractivity contribution in [2.45, 2.75) is 30.5 Å². The van der Waals surface area contributed by atoms with E-state index in [0.717, 1.165) is 45.3 Å². The van der Waals surface area contributed by atoms with Crippen molar-refractivity contribution < 1.29 is 23.1 Å². The van der Waals surface area contributed by atoms with Crippen molar-refractivity contribution in [3.8, 4) is 11.3 Å². The van der Waals surface area contributed by atoms with E-state index in [1.807, 2.05) is 78.9 Å². The Morgan fingerprint density at radius 2 is 1.38 bits per heavy atom. The van der Waals surface area contributed by atoms with Gasteiger partial charge < -0.3 is 10.1 Å². The highest BCUT2D eigenvalue weighted by molar-refractivity contribution is 6.02. The average Bonchev–Trinajstić information content (AvgIpc) is 3.63. The van der Waals surface area contributed by atoms with Crippen molar-refractivity contribution in [2.24, 2.45) is 0 Å². The van der Waals surface area contributed by atoms with Gasteiger partial charge in [-0.3, -0.25) is 14.7 Å². The number of amides is 1. The predicted octanol–water partition coefficient (Wildman–Crippen LogP) is 8.33. The number of likely N-dealkylation sites (tertiary alicyclic amines) is 1. The van der Waals surface area contributed by atoms with Crippen LogP contribution in [-0.2, 0) is 15.1 Å². The number of carbonyl (C=O) groups is 2. The number of carbonyl (C=O) groups excluding carboxylic acids is 2. The van der Waals surface area contributed by atoms with E-state index in [1.54, 1.807) is 23.4 Å². The van der Waals surface area contributed by atoms with Crippen LogP contribution in [0.2, 0.25) is 0 Å². The Hall–Kier alpha value is -6.52. The summed E-state index contributed by atoms with van der Waals surface area (Å²) in [5.74, 6) is -2.76. The summed E-state index contributed by atoms with van der Waals surface area (Å²) in [6, 6.07) is 42.0. The second kappa shape index (κ2) is 15.7. The Morgan fingerprint density at radius 1 is 0.786 bits per heavy atom. The first-order valence-electron chi connectivity index (χ1n) is 18.6. The molecule has 1 aliphatic rings. The number of aromatic nitrogens is 3. The molecule has 0 spiro atoms. The molecule has 7 aromatic rings. The van der Waals surface area contributed by atoms with Gasteiger partial charge in [-0.15, -0.1) is 0 Å². The highest BCUT2D eigenvalue weighted by atomic mass is 19.1. The van der Waals surface area contributed by atoms with Crippen molar-refractivity contribution >= 4 is 22.8 Å². The minimum absolute atomic E-state index is 0.190. The molecule has 1 aliphatic heterocycles. The van der Waals surface area contributed by atoms with E-state index in [4.69, 9.17) is 9.84 Å². The molecule has 280 valence electrons. The number of halogens is 2. The summed E-state index contributed by atoms with van der Waals surface area (Å²) in [6.07, 6.45) is 4.65. The van der Waals surface area contributed by atoms with Crippen LogP contribution < -0.4 is 5.32 Å². The zero-order chi connectivity index (χ0) is 38.6. The average molecular weight is 748 g/mol. The number of hydrogen-bond acceptors (Lipinski definition) is 6. The van der Waals surface area contributed by atoms with E-state index in [1.165, 1.54) is 13.2 Å². The number of esters is 1. The predicted molar refractivity (Wildman–Crippen MR) is 211 cm³/mol. The fraction of sp³-hybridized carbons (Fsp3) is 0.174. The van der Waals surface area contributed by atoms with Crippen LogP contribution in [0.25, 0.3) is 22.2 Å². The number of methoxy groups -OCH3 is 1. The van der Waals surface area contributed by atoms with Crippen LogP contribution in [0.5, 0.6) is 0 Å². The maximum Gasteiger partial charge on any atom is 0.327 e. The summed E-state index contributed by atoms with van der Waals surface area (Å²) in [5, 5.41) is 9.32. The lowest BCUT2D eigenvalue weighted by molar-refractivity contribution is -0.148. The smallest absolute Gasteiger partial charge is 0.327 e. The molecule has 2 atom stereocenters. The third kappa shape index (κ3) is 6.62. The van der Waals surface area contributed by atoms with Crippen LogP contribution in [-0.4, -0.2) is 57.8 Å². The van der Waals surface area contributed by atoms with Crippen molar-refractivity contribution in [3.63, 3.8) is 0 Å². The number of benzene rings is 5. The molecule has 2 unspecified atom stereocenters. The fourth-order valence-electron chi connectivity index (χ4n) is 8.10.